The summed E-state index contributed by atoms with van der Waals surface area (Å²) in [6, 6.07) is 4.06. The molecule has 0 aromatic heterocycles. The lowest BCUT2D eigenvalue weighted by atomic mass is 9.89. The summed E-state index contributed by atoms with van der Waals surface area (Å²) in [7, 11) is 0. The molecule has 2 aliphatic heterocycles. The standard InChI is InChI=1S/C22H17F6N3O5/c23-14-3-1-11(36-22(26,27)28)7-17(14)29-21(34)35-12-8-31(9-12)10-5-15(24)19(16(25)6-10)13-2-4-18(32)30-20(13)33/h1,3,5-7,12-13H,2,4,8-9H2,(H,29,34)(H,30,32,33). The number of halogens is 6. The third kappa shape index (κ3) is 5.63. The molecular weight excluding hydrogens is 500 g/mol. The van der Waals surface area contributed by atoms with Crippen molar-refractivity contribution in [1.82, 2.24) is 5.32 Å². The van der Waals surface area contributed by atoms with Crippen LogP contribution in [0.25, 0.3) is 0 Å². The average Bonchev–Trinajstić information content (AvgIpc) is 2.72. The van der Waals surface area contributed by atoms with Gasteiger partial charge in [0.25, 0.3) is 0 Å². The molecule has 0 spiro atoms. The number of alkyl halides is 3. The monoisotopic (exact) mass is 517 g/mol. The number of piperidine rings is 1. The van der Waals surface area contributed by atoms with Gasteiger partial charge in [0.1, 0.15) is 29.3 Å². The van der Waals surface area contributed by atoms with E-state index < -0.39 is 70.7 Å². The molecule has 3 amide bonds. The van der Waals surface area contributed by atoms with Crippen LogP contribution in [-0.4, -0.2) is 43.5 Å². The summed E-state index contributed by atoms with van der Waals surface area (Å²) in [5.41, 5.74) is -0.939. The van der Waals surface area contributed by atoms with E-state index in [2.05, 4.69) is 4.74 Å². The number of benzene rings is 2. The first-order chi connectivity index (χ1) is 16.9. The van der Waals surface area contributed by atoms with Gasteiger partial charge in [-0.05, 0) is 30.7 Å². The quantitative estimate of drug-likeness (QED) is 0.461. The van der Waals surface area contributed by atoms with E-state index in [4.69, 9.17) is 4.74 Å². The van der Waals surface area contributed by atoms with Crippen LogP contribution in [0.4, 0.5) is 42.5 Å². The normalized spacial score (nSPS) is 18.4. The number of hydrogen-bond donors (Lipinski definition) is 2. The lowest BCUT2D eigenvalue weighted by Gasteiger charge is -2.40. The maximum absolute atomic E-state index is 14.7. The second-order valence-electron chi connectivity index (χ2n) is 8.07. The largest absolute Gasteiger partial charge is 0.573 e. The van der Waals surface area contributed by atoms with Crippen LogP contribution < -0.4 is 20.3 Å². The van der Waals surface area contributed by atoms with Gasteiger partial charge >= 0.3 is 12.5 Å². The lowest BCUT2D eigenvalue weighted by molar-refractivity contribution is -0.274. The fraction of sp³-hybridized carbons (Fsp3) is 0.318. The molecule has 8 nitrogen and oxygen atoms in total. The Bertz CT molecular complexity index is 1190. The minimum Gasteiger partial charge on any atom is -0.442 e. The topological polar surface area (TPSA) is 97.0 Å². The number of ether oxygens (including phenoxy) is 2. The van der Waals surface area contributed by atoms with Crippen LogP contribution in [0.5, 0.6) is 5.75 Å². The summed E-state index contributed by atoms with van der Waals surface area (Å²) in [5, 5.41) is 4.02. The predicted molar refractivity (Wildman–Crippen MR) is 111 cm³/mol. The molecule has 2 aromatic rings. The van der Waals surface area contributed by atoms with Crippen LogP contribution >= 0.6 is 0 Å². The zero-order chi connectivity index (χ0) is 26.2. The Labute approximate surface area is 199 Å². The van der Waals surface area contributed by atoms with Crippen LogP contribution in [0.1, 0.15) is 24.3 Å². The molecule has 0 aliphatic carbocycles. The van der Waals surface area contributed by atoms with Gasteiger partial charge in [-0.1, -0.05) is 0 Å². The third-order valence-electron chi connectivity index (χ3n) is 5.55. The zero-order valence-electron chi connectivity index (χ0n) is 18.1. The van der Waals surface area contributed by atoms with E-state index in [9.17, 15) is 40.7 Å². The molecule has 2 aliphatic rings. The van der Waals surface area contributed by atoms with E-state index in [1.807, 2.05) is 10.6 Å². The van der Waals surface area contributed by atoms with Crippen molar-refractivity contribution in [2.24, 2.45) is 0 Å². The minimum absolute atomic E-state index is 0.0176. The fourth-order valence-electron chi connectivity index (χ4n) is 3.87. The molecule has 14 heteroatoms. The van der Waals surface area contributed by atoms with Crippen molar-refractivity contribution in [2.75, 3.05) is 23.3 Å². The Hall–Kier alpha value is -3.97. The van der Waals surface area contributed by atoms with Crippen molar-refractivity contribution < 1.29 is 50.2 Å². The molecule has 2 aromatic carbocycles. The summed E-state index contributed by atoms with van der Waals surface area (Å²) in [4.78, 5) is 36.7. The molecule has 2 saturated heterocycles. The fourth-order valence-corrected chi connectivity index (χ4v) is 3.87. The van der Waals surface area contributed by atoms with Crippen molar-refractivity contribution >= 4 is 29.3 Å². The Morgan fingerprint density at radius 3 is 2.31 bits per heavy atom. The SMILES string of the molecule is O=C1CCC(c2c(F)cc(N3CC(OC(=O)Nc4cc(OC(F)(F)F)ccc4F)C3)cc2F)C(=O)N1. The van der Waals surface area contributed by atoms with Crippen molar-refractivity contribution in [2.45, 2.75) is 31.2 Å². The van der Waals surface area contributed by atoms with Gasteiger partial charge in [0.15, 0.2) is 0 Å². The van der Waals surface area contributed by atoms with E-state index in [-0.39, 0.29) is 31.6 Å². The van der Waals surface area contributed by atoms with Crippen LogP contribution in [0, 0.1) is 17.5 Å². The van der Waals surface area contributed by atoms with E-state index in [0.717, 1.165) is 18.2 Å². The van der Waals surface area contributed by atoms with Crippen molar-refractivity contribution in [3.63, 3.8) is 0 Å². The molecule has 192 valence electrons. The van der Waals surface area contributed by atoms with Crippen molar-refractivity contribution in [3.8, 4) is 5.75 Å². The van der Waals surface area contributed by atoms with E-state index in [1.165, 1.54) is 4.90 Å². The third-order valence-corrected chi connectivity index (χ3v) is 5.55. The number of amides is 3. The molecule has 2 heterocycles. The smallest absolute Gasteiger partial charge is 0.442 e. The molecule has 0 bridgehead atoms. The Morgan fingerprint density at radius 1 is 1.03 bits per heavy atom. The maximum atomic E-state index is 14.7. The summed E-state index contributed by atoms with van der Waals surface area (Å²) in [6.07, 6.45) is -7.01. The Kier molecular flexibility index (Phi) is 6.69. The van der Waals surface area contributed by atoms with E-state index in [0.29, 0.717) is 12.1 Å². The number of rotatable bonds is 5. The number of nitrogens with one attached hydrogen (secondary N) is 2. The van der Waals surface area contributed by atoms with Gasteiger partial charge in [-0.3, -0.25) is 20.2 Å². The molecule has 0 saturated carbocycles. The molecule has 2 N–H and O–H groups in total. The van der Waals surface area contributed by atoms with Crippen LogP contribution in [0.2, 0.25) is 0 Å². The number of carbonyl (C=O) groups is 3. The number of imide groups is 1. The van der Waals surface area contributed by atoms with Crippen molar-refractivity contribution in [3.05, 3.63) is 53.3 Å². The number of carbonyl (C=O) groups excluding carboxylic acids is 3. The van der Waals surface area contributed by atoms with Gasteiger partial charge in [0.05, 0.1) is 24.7 Å². The first kappa shape index (κ1) is 25.1. The molecule has 4 rings (SSSR count). The maximum Gasteiger partial charge on any atom is 0.573 e. The number of anilines is 2. The number of hydrogen-bond acceptors (Lipinski definition) is 6. The van der Waals surface area contributed by atoms with Crippen LogP contribution in [-0.2, 0) is 14.3 Å². The Morgan fingerprint density at radius 2 is 1.69 bits per heavy atom. The van der Waals surface area contributed by atoms with Gasteiger partial charge in [0.2, 0.25) is 11.8 Å². The Balaban J connectivity index is 1.34. The highest BCUT2D eigenvalue weighted by Gasteiger charge is 2.35. The molecule has 0 radical (unpaired) electrons. The van der Waals surface area contributed by atoms with Crippen LogP contribution in [0.15, 0.2) is 30.3 Å². The van der Waals surface area contributed by atoms with Gasteiger partial charge in [-0.15, -0.1) is 13.2 Å². The highest BCUT2D eigenvalue weighted by Crippen LogP contribution is 2.34. The summed E-state index contributed by atoms with van der Waals surface area (Å²) in [6.45, 7) is 0.0353. The first-order valence-corrected chi connectivity index (χ1v) is 10.5. The summed E-state index contributed by atoms with van der Waals surface area (Å²) in [5.74, 6) is -6.18. The predicted octanol–water partition coefficient (Wildman–Crippen LogP) is 3.96. The molecule has 1 unspecified atom stereocenters. The highest BCUT2D eigenvalue weighted by atomic mass is 19.4. The average molecular weight is 517 g/mol. The van der Waals surface area contributed by atoms with Crippen molar-refractivity contribution in [1.29, 1.82) is 0 Å². The first-order valence-electron chi connectivity index (χ1n) is 10.5. The number of nitrogens with zero attached hydrogens (tertiary/aromatic N) is 1. The highest BCUT2D eigenvalue weighted by molar-refractivity contribution is 6.01. The van der Waals surface area contributed by atoms with Gasteiger partial charge < -0.3 is 14.4 Å². The molecule has 2 fully saturated rings. The van der Waals surface area contributed by atoms with Gasteiger partial charge in [0, 0.05) is 23.7 Å². The second kappa shape index (κ2) is 9.59. The minimum atomic E-state index is -5.01. The van der Waals surface area contributed by atoms with Crippen LogP contribution in [0.3, 0.4) is 0 Å². The molecular formula is C22H17F6N3O5. The summed E-state index contributed by atoms with van der Waals surface area (Å²) >= 11 is 0. The second-order valence-corrected chi connectivity index (χ2v) is 8.07. The van der Waals surface area contributed by atoms with Gasteiger partial charge in [-0.25, -0.2) is 18.0 Å². The van der Waals surface area contributed by atoms with E-state index in [1.54, 1.807) is 0 Å². The van der Waals surface area contributed by atoms with Gasteiger partial charge in [-0.2, -0.15) is 0 Å². The zero-order valence-corrected chi connectivity index (χ0v) is 18.1. The lowest BCUT2D eigenvalue weighted by Crippen LogP contribution is -2.53. The summed E-state index contributed by atoms with van der Waals surface area (Å²) < 4.78 is 88.9. The molecule has 36 heavy (non-hydrogen) atoms. The molecule has 1 atom stereocenters. The van der Waals surface area contributed by atoms with E-state index >= 15 is 0 Å².